The summed E-state index contributed by atoms with van der Waals surface area (Å²) in [5, 5.41) is 8.60. The largest absolute Gasteiger partial charge is 0.336 e. The van der Waals surface area contributed by atoms with Crippen LogP contribution in [0.5, 0.6) is 0 Å². The quantitative estimate of drug-likeness (QED) is 0.349. The monoisotopic (exact) mass is 572 g/mol. The second kappa shape index (κ2) is 12.2. The molecule has 0 radical (unpaired) electrons. The summed E-state index contributed by atoms with van der Waals surface area (Å²) < 4.78 is 25.6. The lowest BCUT2D eigenvalue weighted by Crippen LogP contribution is -2.47. The normalized spacial score (nSPS) is 14.8. The average molecular weight is 573 g/mol. The molecule has 1 amide bonds. The van der Waals surface area contributed by atoms with E-state index in [0.29, 0.717) is 17.9 Å². The summed E-state index contributed by atoms with van der Waals surface area (Å²) in [7, 11) is -1.57. The van der Waals surface area contributed by atoms with Crippen LogP contribution in [0.2, 0.25) is 5.02 Å². The minimum Gasteiger partial charge on any atom is -0.336 e. The molecule has 208 valence electrons. The molecule has 1 fully saturated rings. The molecule has 11 nitrogen and oxygen atoms in total. The first-order valence-electron chi connectivity index (χ1n) is 12.6. The Morgan fingerprint density at radius 3 is 2.54 bits per heavy atom. The molecule has 0 spiro atoms. The standard InChI is InChI=1S/C26H33ClN8O3S/c1-17(2)39(37,38)25-21(6-5-9-28-25)31-24-20(27)15-29-26(33-24)32-22-14-19(8-7-18(22)3)30-23(36)16-35-12-10-34(4)11-13-35/h5-9,14-15,17H,10-13,16H2,1-4H3,(H,30,36)(H2,29,31,32,33). The van der Waals surface area contributed by atoms with Gasteiger partial charge in [0.05, 0.1) is 23.7 Å². The molecule has 13 heteroatoms. The molecule has 0 aliphatic carbocycles. The van der Waals surface area contributed by atoms with Crippen LogP contribution in [-0.2, 0) is 14.6 Å². The molecular formula is C26H33ClN8O3S. The lowest BCUT2D eigenvalue weighted by Gasteiger charge is -2.31. The summed E-state index contributed by atoms with van der Waals surface area (Å²) in [4.78, 5) is 29.8. The third-order valence-electron chi connectivity index (χ3n) is 6.39. The van der Waals surface area contributed by atoms with Gasteiger partial charge in [-0.15, -0.1) is 0 Å². The number of hydrogen-bond acceptors (Lipinski definition) is 10. The van der Waals surface area contributed by atoms with Gasteiger partial charge < -0.3 is 20.9 Å². The van der Waals surface area contributed by atoms with Crippen molar-refractivity contribution in [3.63, 3.8) is 0 Å². The van der Waals surface area contributed by atoms with E-state index >= 15 is 0 Å². The molecule has 1 saturated heterocycles. The van der Waals surface area contributed by atoms with Crippen LogP contribution in [-0.4, -0.2) is 84.1 Å². The van der Waals surface area contributed by atoms with Gasteiger partial charge in [-0.05, 0) is 57.6 Å². The highest BCUT2D eigenvalue weighted by Crippen LogP contribution is 2.30. The predicted molar refractivity (Wildman–Crippen MR) is 154 cm³/mol. The second-order valence-corrected chi connectivity index (χ2v) is 12.6. The summed E-state index contributed by atoms with van der Waals surface area (Å²) in [6, 6.07) is 8.78. The molecule has 1 aliphatic heterocycles. The van der Waals surface area contributed by atoms with Crippen LogP contribution in [0.4, 0.5) is 28.8 Å². The van der Waals surface area contributed by atoms with Gasteiger partial charge >= 0.3 is 0 Å². The molecule has 3 heterocycles. The van der Waals surface area contributed by atoms with E-state index in [1.165, 1.54) is 12.4 Å². The summed E-state index contributed by atoms with van der Waals surface area (Å²) >= 11 is 6.34. The van der Waals surface area contributed by atoms with Crippen LogP contribution < -0.4 is 16.0 Å². The third kappa shape index (κ3) is 7.21. The number of carbonyl (C=O) groups is 1. The molecule has 0 bridgehead atoms. The first kappa shape index (κ1) is 28.7. The van der Waals surface area contributed by atoms with Crippen molar-refractivity contribution in [2.45, 2.75) is 31.0 Å². The highest BCUT2D eigenvalue weighted by Gasteiger charge is 2.25. The number of nitrogens with one attached hydrogen (secondary N) is 3. The Hall–Kier alpha value is -3.32. The fraction of sp³-hybridized carbons (Fsp3) is 0.385. The van der Waals surface area contributed by atoms with Crippen LogP contribution >= 0.6 is 11.6 Å². The van der Waals surface area contributed by atoms with Crippen molar-refractivity contribution in [1.29, 1.82) is 0 Å². The molecule has 1 aliphatic rings. The third-order valence-corrected chi connectivity index (χ3v) is 8.77. The van der Waals surface area contributed by atoms with Gasteiger partial charge in [0.2, 0.25) is 11.9 Å². The van der Waals surface area contributed by atoms with E-state index in [2.05, 4.69) is 47.7 Å². The van der Waals surface area contributed by atoms with E-state index in [0.717, 1.165) is 31.7 Å². The first-order valence-corrected chi connectivity index (χ1v) is 14.5. The van der Waals surface area contributed by atoms with E-state index in [9.17, 15) is 13.2 Å². The minimum atomic E-state index is -3.65. The average Bonchev–Trinajstić information content (AvgIpc) is 2.89. The molecule has 0 atom stereocenters. The summed E-state index contributed by atoms with van der Waals surface area (Å²) in [6.07, 6.45) is 2.85. The van der Waals surface area contributed by atoms with Crippen molar-refractivity contribution in [3.8, 4) is 0 Å². The maximum absolute atomic E-state index is 12.8. The van der Waals surface area contributed by atoms with Crippen molar-refractivity contribution in [3.05, 3.63) is 53.3 Å². The Labute approximate surface area is 233 Å². The number of aromatic nitrogens is 3. The molecule has 1 aromatic carbocycles. The molecular weight excluding hydrogens is 540 g/mol. The van der Waals surface area contributed by atoms with Crippen LogP contribution in [0.3, 0.4) is 0 Å². The van der Waals surface area contributed by atoms with E-state index in [4.69, 9.17) is 11.6 Å². The maximum Gasteiger partial charge on any atom is 0.238 e. The van der Waals surface area contributed by atoms with Crippen molar-refractivity contribution >= 4 is 56.2 Å². The molecule has 3 aromatic rings. The molecule has 4 rings (SSSR count). The fourth-order valence-electron chi connectivity index (χ4n) is 3.94. The topological polar surface area (TPSA) is 132 Å². The van der Waals surface area contributed by atoms with E-state index in [-0.39, 0.29) is 33.4 Å². The zero-order valence-electron chi connectivity index (χ0n) is 22.4. The Bertz CT molecular complexity index is 1440. The number of hydrogen-bond donors (Lipinski definition) is 3. The van der Waals surface area contributed by atoms with E-state index < -0.39 is 15.1 Å². The minimum absolute atomic E-state index is 0.0767. The van der Waals surface area contributed by atoms with Crippen molar-refractivity contribution in [2.24, 2.45) is 0 Å². The number of aryl methyl sites for hydroxylation is 1. The number of anilines is 5. The Morgan fingerprint density at radius 2 is 1.82 bits per heavy atom. The van der Waals surface area contributed by atoms with Crippen molar-refractivity contribution < 1.29 is 13.2 Å². The number of halogens is 1. The van der Waals surface area contributed by atoms with E-state index in [1.807, 2.05) is 25.1 Å². The number of piperazine rings is 1. The fourth-order valence-corrected chi connectivity index (χ4v) is 5.16. The smallest absolute Gasteiger partial charge is 0.238 e. The Balaban J connectivity index is 1.49. The van der Waals surface area contributed by atoms with Crippen LogP contribution in [0.1, 0.15) is 19.4 Å². The second-order valence-electron chi connectivity index (χ2n) is 9.75. The zero-order chi connectivity index (χ0) is 28.2. The maximum atomic E-state index is 12.8. The lowest BCUT2D eigenvalue weighted by atomic mass is 10.2. The molecule has 0 saturated carbocycles. The number of nitrogens with zero attached hydrogens (tertiary/aromatic N) is 5. The summed E-state index contributed by atoms with van der Waals surface area (Å²) in [6.45, 7) is 9.06. The van der Waals surface area contributed by atoms with Gasteiger partial charge in [-0.2, -0.15) is 4.98 Å². The SMILES string of the molecule is Cc1ccc(NC(=O)CN2CCN(C)CC2)cc1Nc1ncc(Cl)c(Nc2cccnc2S(=O)(=O)C(C)C)n1. The molecule has 39 heavy (non-hydrogen) atoms. The van der Waals surface area contributed by atoms with Gasteiger partial charge in [0.25, 0.3) is 0 Å². The number of sulfone groups is 1. The van der Waals surface area contributed by atoms with Crippen LogP contribution in [0.25, 0.3) is 0 Å². The van der Waals surface area contributed by atoms with Gasteiger partial charge in [0.15, 0.2) is 20.7 Å². The molecule has 0 unspecified atom stereocenters. The number of carbonyl (C=O) groups excluding carboxylic acids is 1. The highest BCUT2D eigenvalue weighted by molar-refractivity contribution is 7.92. The number of likely N-dealkylation sites (N-methyl/N-ethyl adjacent to an activating group) is 1. The number of benzene rings is 1. The number of rotatable bonds is 9. The highest BCUT2D eigenvalue weighted by atomic mass is 35.5. The molecule has 3 N–H and O–H groups in total. The zero-order valence-corrected chi connectivity index (χ0v) is 24.0. The summed E-state index contributed by atoms with van der Waals surface area (Å²) in [5.41, 5.74) is 2.52. The first-order chi connectivity index (χ1) is 18.5. The number of pyridine rings is 1. The van der Waals surface area contributed by atoms with Gasteiger partial charge in [-0.3, -0.25) is 9.69 Å². The van der Waals surface area contributed by atoms with Gasteiger partial charge in [-0.25, -0.2) is 18.4 Å². The Kier molecular flexibility index (Phi) is 9.01. The van der Waals surface area contributed by atoms with Crippen molar-refractivity contribution in [2.75, 3.05) is 55.7 Å². The van der Waals surface area contributed by atoms with Crippen molar-refractivity contribution in [1.82, 2.24) is 24.8 Å². The van der Waals surface area contributed by atoms with E-state index in [1.54, 1.807) is 26.0 Å². The van der Waals surface area contributed by atoms with Gasteiger partial charge in [0, 0.05) is 43.8 Å². The number of amides is 1. The molecule has 2 aromatic heterocycles. The van der Waals surface area contributed by atoms with Gasteiger partial charge in [0.1, 0.15) is 5.02 Å². The predicted octanol–water partition coefficient (Wildman–Crippen LogP) is 3.69. The van der Waals surface area contributed by atoms with Crippen LogP contribution in [0, 0.1) is 6.92 Å². The van der Waals surface area contributed by atoms with Crippen LogP contribution in [0.15, 0.2) is 47.8 Å². The summed E-state index contributed by atoms with van der Waals surface area (Å²) in [5.74, 6) is 0.381. The lowest BCUT2D eigenvalue weighted by molar-refractivity contribution is -0.117. The Morgan fingerprint density at radius 1 is 1.08 bits per heavy atom. The van der Waals surface area contributed by atoms with Gasteiger partial charge in [-0.1, -0.05) is 17.7 Å².